The highest BCUT2D eigenvalue weighted by Crippen LogP contribution is 2.32. The summed E-state index contributed by atoms with van der Waals surface area (Å²) in [6, 6.07) is 14.2. The maximum atomic E-state index is 12.8. The van der Waals surface area contributed by atoms with Crippen LogP contribution in [0.4, 0.5) is 0 Å². The summed E-state index contributed by atoms with van der Waals surface area (Å²) in [5.41, 5.74) is 4.97. The van der Waals surface area contributed by atoms with Crippen LogP contribution in [0.3, 0.4) is 0 Å². The average Bonchev–Trinajstić information content (AvgIpc) is 3.55. The number of carbonyl (C=O) groups is 1. The van der Waals surface area contributed by atoms with Crippen LogP contribution in [-0.4, -0.2) is 35.3 Å². The fourth-order valence-electron chi connectivity index (χ4n) is 4.12. The molecule has 2 aromatic rings. The van der Waals surface area contributed by atoms with Crippen molar-refractivity contribution in [1.29, 1.82) is 0 Å². The van der Waals surface area contributed by atoms with E-state index in [0.29, 0.717) is 18.1 Å². The maximum absolute atomic E-state index is 12.8. The number of amides is 1. The Hall–Kier alpha value is -2.10. The van der Waals surface area contributed by atoms with E-state index in [0.717, 1.165) is 31.0 Å². The Balaban J connectivity index is 1.44. The van der Waals surface area contributed by atoms with Gasteiger partial charge >= 0.3 is 0 Å². The van der Waals surface area contributed by atoms with Crippen molar-refractivity contribution in [3.8, 4) is 0 Å². The van der Waals surface area contributed by atoms with Crippen molar-refractivity contribution in [3.05, 3.63) is 75.8 Å². The summed E-state index contributed by atoms with van der Waals surface area (Å²) in [6.07, 6.45) is 7.57. The standard InChI is InChI=1S/C25H29ClN2O/c1-2-28(18-22-6-3-4-9-24(22)26)25(29)13-12-20-7-5-8-21-17-27(15-14-23(20)21)16-19-10-11-19/h3-9,12-13,19H,2,10-11,14-18H2,1H3/b13-12+. The summed E-state index contributed by atoms with van der Waals surface area (Å²) in [4.78, 5) is 17.2. The number of hydrogen-bond acceptors (Lipinski definition) is 2. The molecule has 1 amide bonds. The first-order valence-electron chi connectivity index (χ1n) is 10.7. The highest BCUT2D eigenvalue weighted by Gasteiger charge is 2.26. The van der Waals surface area contributed by atoms with Crippen molar-refractivity contribution in [2.75, 3.05) is 19.6 Å². The van der Waals surface area contributed by atoms with E-state index in [-0.39, 0.29) is 5.91 Å². The second kappa shape index (κ2) is 9.15. The molecule has 0 radical (unpaired) electrons. The van der Waals surface area contributed by atoms with Crippen LogP contribution in [0.1, 0.15) is 42.0 Å². The molecule has 1 aliphatic heterocycles. The number of nitrogens with zero attached hydrogens (tertiary/aromatic N) is 2. The van der Waals surface area contributed by atoms with Gasteiger partial charge in [-0.15, -0.1) is 0 Å². The number of carbonyl (C=O) groups excluding carboxylic acids is 1. The van der Waals surface area contributed by atoms with E-state index in [1.165, 1.54) is 36.1 Å². The third-order valence-electron chi connectivity index (χ3n) is 6.01. The largest absolute Gasteiger partial charge is 0.335 e. The minimum atomic E-state index is 0.0243. The minimum Gasteiger partial charge on any atom is -0.335 e. The smallest absolute Gasteiger partial charge is 0.246 e. The normalized spacial score (nSPS) is 16.8. The lowest BCUT2D eigenvalue weighted by Gasteiger charge is -2.29. The molecule has 4 rings (SSSR count). The molecule has 4 heteroatoms. The van der Waals surface area contributed by atoms with Crippen LogP contribution in [0.15, 0.2) is 48.5 Å². The lowest BCUT2D eigenvalue weighted by Crippen LogP contribution is -2.32. The first-order chi connectivity index (χ1) is 14.1. The lowest BCUT2D eigenvalue weighted by atomic mass is 9.94. The van der Waals surface area contributed by atoms with Crippen molar-refractivity contribution >= 4 is 23.6 Å². The van der Waals surface area contributed by atoms with Crippen LogP contribution in [0.2, 0.25) is 5.02 Å². The third kappa shape index (κ3) is 5.09. The summed E-state index contributed by atoms with van der Waals surface area (Å²) in [6.45, 7) is 6.58. The van der Waals surface area contributed by atoms with Gasteiger partial charge in [-0.25, -0.2) is 0 Å². The Morgan fingerprint density at radius 3 is 2.79 bits per heavy atom. The molecule has 29 heavy (non-hydrogen) atoms. The lowest BCUT2D eigenvalue weighted by molar-refractivity contribution is -0.126. The van der Waals surface area contributed by atoms with Crippen molar-refractivity contribution in [2.24, 2.45) is 5.92 Å². The third-order valence-corrected chi connectivity index (χ3v) is 6.38. The second-order valence-electron chi connectivity index (χ2n) is 8.19. The minimum absolute atomic E-state index is 0.0243. The van der Waals surface area contributed by atoms with Gasteiger partial charge in [-0.2, -0.15) is 0 Å². The van der Waals surface area contributed by atoms with Crippen LogP contribution in [0, 0.1) is 5.92 Å². The Labute approximate surface area is 179 Å². The van der Waals surface area contributed by atoms with Gasteiger partial charge in [-0.3, -0.25) is 9.69 Å². The monoisotopic (exact) mass is 408 g/mol. The Morgan fingerprint density at radius 1 is 1.21 bits per heavy atom. The van der Waals surface area contributed by atoms with Crippen LogP contribution in [-0.2, 0) is 24.3 Å². The molecule has 2 aromatic carbocycles. The number of rotatable bonds is 7. The Bertz CT molecular complexity index is 903. The summed E-state index contributed by atoms with van der Waals surface area (Å²) >= 11 is 6.27. The van der Waals surface area contributed by atoms with Crippen molar-refractivity contribution in [3.63, 3.8) is 0 Å². The number of hydrogen-bond donors (Lipinski definition) is 0. The summed E-state index contributed by atoms with van der Waals surface area (Å²) in [5.74, 6) is 0.951. The van der Waals surface area contributed by atoms with Crippen molar-refractivity contribution < 1.29 is 4.79 Å². The highest BCUT2D eigenvalue weighted by atomic mass is 35.5. The van der Waals surface area contributed by atoms with Crippen LogP contribution in [0.25, 0.3) is 6.08 Å². The Kier molecular flexibility index (Phi) is 6.37. The molecule has 0 saturated heterocycles. The van der Waals surface area contributed by atoms with E-state index in [1.807, 2.05) is 42.2 Å². The highest BCUT2D eigenvalue weighted by molar-refractivity contribution is 6.31. The van der Waals surface area contributed by atoms with Gasteiger partial charge in [0.05, 0.1) is 0 Å². The van der Waals surface area contributed by atoms with E-state index in [9.17, 15) is 4.79 Å². The molecule has 0 N–H and O–H groups in total. The summed E-state index contributed by atoms with van der Waals surface area (Å²) < 4.78 is 0. The van der Waals surface area contributed by atoms with Gasteiger partial charge in [0.25, 0.3) is 0 Å². The van der Waals surface area contributed by atoms with E-state index in [1.54, 1.807) is 6.08 Å². The quantitative estimate of drug-likeness (QED) is 0.590. The molecule has 3 nitrogen and oxygen atoms in total. The van der Waals surface area contributed by atoms with Crippen LogP contribution < -0.4 is 0 Å². The molecule has 0 aromatic heterocycles. The van der Waals surface area contributed by atoms with E-state index in [2.05, 4.69) is 23.1 Å². The summed E-state index contributed by atoms with van der Waals surface area (Å²) in [5, 5.41) is 0.704. The second-order valence-corrected chi connectivity index (χ2v) is 8.60. The Morgan fingerprint density at radius 2 is 2.03 bits per heavy atom. The molecule has 0 spiro atoms. The van der Waals surface area contributed by atoms with Gasteiger partial charge < -0.3 is 4.90 Å². The zero-order valence-electron chi connectivity index (χ0n) is 17.1. The van der Waals surface area contributed by atoms with E-state index >= 15 is 0 Å². The topological polar surface area (TPSA) is 23.6 Å². The molecule has 152 valence electrons. The fraction of sp³-hybridized carbons (Fsp3) is 0.400. The predicted molar refractivity (Wildman–Crippen MR) is 120 cm³/mol. The molecule has 1 aliphatic carbocycles. The molecular weight excluding hydrogens is 380 g/mol. The molecule has 0 unspecified atom stereocenters. The molecule has 1 heterocycles. The molecule has 1 saturated carbocycles. The first-order valence-corrected chi connectivity index (χ1v) is 11.1. The molecule has 0 bridgehead atoms. The van der Waals surface area contributed by atoms with Gasteiger partial charge in [-0.1, -0.05) is 48.0 Å². The summed E-state index contributed by atoms with van der Waals surface area (Å²) in [7, 11) is 0. The van der Waals surface area contributed by atoms with Gasteiger partial charge in [0.2, 0.25) is 5.91 Å². The van der Waals surface area contributed by atoms with Gasteiger partial charge in [0.1, 0.15) is 0 Å². The van der Waals surface area contributed by atoms with Crippen molar-refractivity contribution in [1.82, 2.24) is 9.80 Å². The van der Waals surface area contributed by atoms with E-state index < -0.39 is 0 Å². The zero-order valence-corrected chi connectivity index (χ0v) is 17.9. The number of likely N-dealkylation sites (N-methyl/N-ethyl adjacent to an activating group) is 1. The molecule has 1 fully saturated rings. The van der Waals surface area contributed by atoms with Crippen molar-refractivity contribution in [2.45, 2.75) is 39.3 Å². The molecule has 0 atom stereocenters. The maximum Gasteiger partial charge on any atom is 0.246 e. The number of benzene rings is 2. The van der Waals surface area contributed by atoms with Gasteiger partial charge in [0.15, 0.2) is 0 Å². The zero-order chi connectivity index (χ0) is 20.2. The van der Waals surface area contributed by atoms with E-state index in [4.69, 9.17) is 11.6 Å². The molecule has 2 aliphatic rings. The molecular formula is C25H29ClN2O. The number of fused-ring (bicyclic) bond motifs is 1. The van der Waals surface area contributed by atoms with Crippen LogP contribution in [0.5, 0.6) is 0 Å². The predicted octanol–water partition coefficient (Wildman–Crippen LogP) is 5.17. The fourth-order valence-corrected chi connectivity index (χ4v) is 4.31. The van der Waals surface area contributed by atoms with Gasteiger partial charge in [0, 0.05) is 43.8 Å². The average molecular weight is 409 g/mol. The SMILES string of the molecule is CCN(Cc1ccccc1Cl)C(=O)/C=C/c1cccc2c1CCN(CC1CC1)C2. The van der Waals surface area contributed by atoms with Gasteiger partial charge in [-0.05, 0) is 66.5 Å². The first kappa shape index (κ1) is 20.2. The number of halogens is 1. The van der Waals surface area contributed by atoms with Crippen LogP contribution >= 0.6 is 11.6 Å².